The first-order valence-corrected chi connectivity index (χ1v) is 16.4. The van der Waals surface area contributed by atoms with Crippen LogP contribution in [0.5, 0.6) is 11.5 Å². The van der Waals surface area contributed by atoms with E-state index in [-0.39, 0.29) is 41.3 Å². The minimum absolute atomic E-state index is 0.0225. The van der Waals surface area contributed by atoms with Crippen molar-refractivity contribution in [1.29, 1.82) is 0 Å². The highest BCUT2D eigenvalue weighted by Crippen LogP contribution is 2.27. The van der Waals surface area contributed by atoms with Gasteiger partial charge in [0.2, 0.25) is 0 Å². The molecule has 0 radical (unpaired) electrons. The fourth-order valence-electron chi connectivity index (χ4n) is 4.22. The van der Waals surface area contributed by atoms with Gasteiger partial charge in [-0.25, -0.2) is 18.6 Å². The molecule has 2 heterocycles. The van der Waals surface area contributed by atoms with Crippen molar-refractivity contribution in [1.82, 2.24) is 9.97 Å². The van der Waals surface area contributed by atoms with Crippen LogP contribution in [0.4, 0.5) is 26.0 Å². The summed E-state index contributed by atoms with van der Waals surface area (Å²) in [5.74, 6) is -1.02. The van der Waals surface area contributed by atoms with Crippen LogP contribution in [0.2, 0.25) is 19.6 Å². The van der Waals surface area contributed by atoms with Crippen molar-refractivity contribution in [3.63, 3.8) is 0 Å². The van der Waals surface area contributed by atoms with Gasteiger partial charge in [0.25, 0.3) is 0 Å². The number of hydrogen-bond donors (Lipinski definition) is 3. The number of nitrogens with zero attached hydrogens (tertiary/aromatic N) is 2. The van der Waals surface area contributed by atoms with Crippen LogP contribution in [-0.4, -0.2) is 43.3 Å². The standard InChI is InChI=1S/C30H32F2N4O4Si/c1-39-21-7-6-19(27(14-21)40-2)16-35-29-28(32)18(10-11-33-29)12-20-13-23(30(37)38)26(17-34-20)36-25-9-8-22(15-24(25)31)41(3,4)5/h6-11,13-15,17,36H,12,16H2,1-5H3,(H,33,35)(H,37,38). The molecule has 2 aromatic heterocycles. The van der Waals surface area contributed by atoms with Crippen LogP contribution in [0.3, 0.4) is 0 Å². The molecule has 0 aliphatic rings. The Bertz CT molecular complexity index is 1580. The predicted molar refractivity (Wildman–Crippen MR) is 158 cm³/mol. The summed E-state index contributed by atoms with van der Waals surface area (Å²) in [6.07, 6.45) is 2.81. The van der Waals surface area contributed by atoms with Gasteiger partial charge in [0.15, 0.2) is 11.6 Å². The fraction of sp³-hybridized carbons (Fsp3) is 0.233. The van der Waals surface area contributed by atoms with Crippen molar-refractivity contribution in [3.05, 3.63) is 94.9 Å². The number of aromatic nitrogens is 2. The Hall–Kier alpha value is -4.51. The monoisotopic (exact) mass is 578 g/mol. The lowest BCUT2D eigenvalue weighted by Gasteiger charge is -2.18. The van der Waals surface area contributed by atoms with E-state index in [4.69, 9.17) is 9.47 Å². The van der Waals surface area contributed by atoms with Gasteiger partial charge in [0, 0.05) is 36.5 Å². The largest absolute Gasteiger partial charge is 0.497 e. The van der Waals surface area contributed by atoms with Crippen molar-refractivity contribution < 1.29 is 28.2 Å². The lowest BCUT2D eigenvalue weighted by atomic mass is 10.1. The van der Waals surface area contributed by atoms with Gasteiger partial charge in [-0.15, -0.1) is 0 Å². The van der Waals surface area contributed by atoms with Crippen LogP contribution in [0.25, 0.3) is 0 Å². The molecule has 0 saturated heterocycles. The molecular weight excluding hydrogens is 546 g/mol. The number of pyridine rings is 2. The number of anilines is 3. The summed E-state index contributed by atoms with van der Waals surface area (Å²) in [5.41, 5.74) is 1.56. The second-order valence-electron chi connectivity index (χ2n) is 10.4. The lowest BCUT2D eigenvalue weighted by Crippen LogP contribution is -2.37. The SMILES string of the molecule is COc1ccc(CNc2nccc(Cc3cc(C(=O)O)c(Nc4ccc([Si](C)(C)C)cc4F)cn3)c2F)c(OC)c1. The average molecular weight is 579 g/mol. The topological polar surface area (TPSA) is 106 Å². The number of aromatic carboxylic acids is 1. The van der Waals surface area contributed by atoms with E-state index in [0.717, 1.165) is 10.8 Å². The summed E-state index contributed by atoms with van der Waals surface area (Å²) >= 11 is 0. The summed E-state index contributed by atoms with van der Waals surface area (Å²) in [5, 5.41) is 16.6. The maximum absolute atomic E-state index is 15.4. The number of methoxy groups -OCH3 is 2. The van der Waals surface area contributed by atoms with Gasteiger partial charge in [-0.1, -0.05) is 30.9 Å². The first kappa shape index (κ1) is 29.5. The number of benzene rings is 2. The van der Waals surface area contributed by atoms with E-state index in [9.17, 15) is 14.3 Å². The number of halogens is 2. The molecule has 0 amide bonds. The van der Waals surface area contributed by atoms with Crippen LogP contribution >= 0.6 is 0 Å². The molecule has 3 N–H and O–H groups in total. The lowest BCUT2D eigenvalue weighted by molar-refractivity contribution is 0.0697. The summed E-state index contributed by atoms with van der Waals surface area (Å²) in [4.78, 5) is 20.5. The van der Waals surface area contributed by atoms with E-state index < -0.39 is 25.7 Å². The van der Waals surface area contributed by atoms with E-state index in [1.165, 1.54) is 37.7 Å². The van der Waals surface area contributed by atoms with Crippen LogP contribution in [0, 0.1) is 11.6 Å². The zero-order chi connectivity index (χ0) is 29.7. The van der Waals surface area contributed by atoms with Crippen LogP contribution < -0.4 is 25.3 Å². The average Bonchev–Trinajstić information content (AvgIpc) is 2.94. The third kappa shape index (κ3) is 6.98. The second kappa shape index (κ2) is 12.3. The molecule has 0 aliphatic heterocycles. The highest BCUT2D eigenvalue weighted by molar-refractivity contribution is 6.88. The minimum atomic E-state index is -1.72. The molecule has 11 heteroatoms. The van der Waals surface area contributed by atoms with Gasteiger partial charge in [-0.05, 0) is 42.0 Å². The van der Waals surface area contributed by atoms with Crippen molar-refractivity contribution in [2.24, 2.45) is 0 Å². The quantitative estimate of drug-likeness (QED) is 0.187. The van der Waals surface area contributed by atoms with Gasteiger partial charge >= 0.3 is 5.97 Å². The van der Waals surface area contributed by atoms with Crippen molar-refractivity contribution in [2.75, 3.05) is 24.9 Å². The molecule has 0 saturated carbocycles. The first-order valence-electron chi connectivity index (χ1n) is 12.9. The van der Waals surface area contributed by atoms with Gasteiger partial charge in [0.05, 0.1) is 45.4 Å². The normalized spacial score (nSPS) is 11.2. The summed E-state index contributed by atoms with van der Waals surface area (Å²) in [6, 6.07) is 13.1. The van der Waals surface area contributed by atoms with E-state index >= 15 is 4.39 Å². The van der Waals surface area contributed by atoms with Crippen molar-refractivity contribution >= 4 is 36.4 Å². The third-order valence-electron chi connectivity index (χ3n) is 6.58. The highest BCUT2D eigenvalue weighted by Gasteiger charge is 2.20. The number of ether oxygens (including phenoxy) is 2. The molecular formula is C30H32F2N4O4Si. The molecule has 4 aromatic rings. The number of carboxylic acid groups (broad SMARTS) is 1. The first-order chi connectivity index (χ1) is 19.5. The molecule has 8 nitrogen and oxygen atoms in total. The number of hydrogen-bond acceptors (Lipinski definition) is 7. The van der Waals surface area contributed by atoms with E-state index in [0.29, 0.717) is 17.2 Å². The molecule has 0 spiro atoms. The maximum Gasteiger partial charge on any atom is 0.337 e. The number of nitrogens with one attached hydrogen (secondary N) is 2. The van der Waals surface area contributed by atoms with Crippen molar-refractivity contribution in [2.45, 2.75) is 32.6 Å². The van der Waals surface area contributed by atoms with Crippen LogP contribution in [0.15, 0.2) is 60.9 Å². The zero-order valence-electron chi connectivity index (χ0n) is 23.5. The number of carboxylic acids is 1. The van der Waals surface area contributed by atoms with Crippen LogP contribution in [0.1, 0.15) is 27.2 Å². The number of carbonyl (C=O) groups is 1. The molecule has 0 fully saturated rings. The minimum Gasteiger partial charge on any atom is -0.497 e. The molecule has 4 rings (SSSR count). The Kier molecular flexibility index (Phi) is 8.87. The highest BCUT2D eigenvalue weighted by atomic mass is 28.3. The summed E-state index contributed by atoms with van der Waals surface area (Å²) in [7, 11) is 1.38. The number of rotatable bonds is 11. The molecule has 2 aromatic carbocycles. The summed E-state index contributed by atoms with van der Waals surface area (Å²) < 4.78 is 40.8. The smallest absolute Gasteiger partial charge is 0.337 e. The molecule has 214 valence electrons. The summed E-state index contributed by atoms with van der Waals surface area (Å²) in [6.45, 7) is 6.59. The Morgan fingerprint density at radius 3 is 2.39 bits per heavy atom. The third-order valence-corrected chi connectivity index (χ3v) is 8.62. The predicted octanol–water partition coefficient (Wildman–Crippen LogP) is 5.96. The van der Waals surface area contributed by atoms with Gasteiger partial charge in [-0.3, -0.25) is 4.98 Å². The van der Waals surface area contributed by atoms with E-state index in [1.54, 1.807) is 25.3 Å². The Labute approximate surface area is 238 Å². The van der Waals surface area contributed by atoms with Gasteiger partial charge < -0.3 is 25.2 Å². The Morgan fingerprint density at radius 1 is 0.951 bits per heavy atom. The van der Waals surface area contributed by atoms with Gasteiger partial charge in [-0.2, -0.15) is 0 Å². The molecule has 0 bridgehead atoms. The molecule has 0 atom stereocenters. The Morgan fingerprint density at radius 2 is 1.73 bits per heavy atom. The molecule has 0 unspecified atom stereocenters. The molecule has 0 aliphatic carbocycles. The van der Waals surface area contributed by atoms with Crippen LogP contribution in [-0.2, 0) is 13.0 Å². The second-order valence-corrected chi connectivity index (χ2v) is 15.5. The molecule has 41 heavy (non-hydrogen) atoms. The Balaban J connectivity index is 1.53. The maximum atomic E-state index is 15.4. The van der Waals surface area contributed by atoms with Gasteiger partial charge in [0.1, 0.15) is 17.3 Å². The fourth-order valence-corrected chi connectivity index (χ4v) is 5.36. The van der Waals surface area contributed by atoms with E-state index in [2.05, 4.69) is 40.2 Å². The van der Waals surface area contributed by atoms with E-state index in [1.807, 2.05) is 12.1 Å². The van der Waals surface area contributed by atoms with Crippen molar-refractivity contribution in [3.8, 4) is 11.5 Å². The zero-order valence-corrected chi connectivity index (χ0v) is 24.5.